The number of halogens is 1. The molecule has 106 valence electrons. The number of benzene rings is 1. The zero-order chi connectivity index (χ0) is 15.0. The van der Waals surface area contributed by atoms with Crippen molar-refractivity contribution in [2.24, 2.45) is 0 Å². The maximum Gasteiger partial charge on any atom is 0.258 e. The van der Waals surface area contributed by atoms with Crippen molar-refractivity contribution in [3.63, 3.8) is 0 Å². The smallest absolute Gasteiger partial charge is 0.258 e. The molecule has 1 N–H and O–H groups in total. The van der Waals surface area contributed by atoms with Crippen LogP contribution in [0.2, 0.25) is 5.02 Å². The van der Waals surface area contributed by atoms with Gasteiger partial charge in [0.15, 0.2) is 0 Å². The standard InChI is InChI=1S/C15H12ClN3OS/c1-8-5-12(16)11(7-17-8)15(20)19-10-3-4-13-14(6-10)21-9(2)18-13/h3-7H,1-2H3,(H,19,20). The Morgan fingerprint density at radius 1 is 1.29 bits per heavy atom. The highest BCUT2D eigenvalue weighted by Crippen LogP contribution is 2.25. The van der Waals surface area contributed by atoms with Crippen LogP contribution in [0.5, 0.6) is 0 Å². The van der Waals surface area contributed by atoms with Gasteiger partial charge in [0.2, 0.25) is 0 Å². The third kappa shape index (κ3) is 2.89. The molecule has 4 nitrogen and oxygen atoms in total. The summed E-state index contributed by atoms with van der Waals surface area (Å²) >= 11 is 7.67. The van der Waals surface area contributed by atoms with E-state index < -0.39 is 0 Å². The first-order chi connectivity index (χ1) is 10.0. The van der Waals surface area contributed by atoms with E-state index in [-0.39, 0.29) is 5.91 Å². The van der Waals surface area contributed by atoms with Crippen LogP contribution in [0.15, 0.2) is 30.5 Å². The minimum absolute atomic E-state index is 0.270. The Hall–Kier alpha value is -1.98. The summed E-state index contributed by atoms with van der Waals surface area (Å²) in [6.45, 7) is 3.79. The molecular formula is C15H12ClN3OS. The van der Waals surface area contributed by atoms with E-state index in [2.05, 4.69) is 15.3 Å². The molecule has 0 unspecified atom stereocenters. The molecule has 1 amide bonds. The number of amides is 1. The molecule has 3 aromatic rings. The zero-order valence-corrected chi connectivity index (χ0v) is 13.0. The number of nitrogens with zero attached hydrogens (tertiary/aromatic N) is 2. The second kappa shape index (κ2) is 5.42. The molecule has 0 radical (unpaired) electrons. The predicted octanol–water partition coefficient (Wildman–Crippen LogP) is 4.21. The summed E-state index contributed by atoms with van der Waals surface area (Å²) in [6.07, 6.45) is 1.49. The van der Waals surface area contributed by atoms with Crippen LogP contribution in [0.1, 0.15) is 21.1 Å². The Kier molecular flexibility index (Phi) is 3.61. The van der Waals surface area contributed by atoms with Crippen molar-refractivity contribution in [2.75, 3.05) is 5.32 Å². The van der Waals surface area contributed by atoms with Crippen LogP contribution in [0.3, 0.4) is 0 Å². The molecule has 0 atom stereocenters. The lowest BCUT2D eigenvalue weighted by Gasteiger charge is -2.07. The van der Waals surface area contributed by atoms with Gasteiger partial charge in [-0.05, 0) is 38.1 Å². The molecule has 2 heterocycles. The molecule has 3 rings (SSSR count). The van der Waals surface area contributed by atoms with Crippen LogP contribution in [0, 0.1) is 13.8 Å². The van der Waals surface area contributed by atoms with Gasteiger partial charge in [-0.25, -0.2) is 4.98 Å². The molecule has 1 aromatic carbocycles. The summed E-state index contributed by atoms with van der Waals surface area (Å²) in [7, 11) is 0. The second-order valence-electron chi connectivity index (χ2n) is 4.68. The van der Waals surface area contributed by atoms with Crippen LogP contribution in [0.25, 0.3) is 10.2 Å². The molecule has 0 fully saturated rings. The number of aromatic nitrogens is 2. The highest BCUT2D eigenvalue weighted by Gasteiger charge is 2.12. The predicted molar refractivity (Wildman–Crippen MR) is 86.3 cm³/mol. The fourth-order valence-corrected chi connectivity index (χ4v) is 3.17. The lowest BCUT2D eigenvalue weighted by molar-refractivity contribution is 0.102. The van der Waals surface area contributed by atoms with Crippen LogP contribution in [-0.2, 0) is 0 Å². The number of anilines is 1. The van der Waals surface area contributed by atoms with Gasteiger partial charge in [0.25, 0.3) is 5.91 Å². The molecule has 0 aliphatic rings. The Morgan fingerprint density at radius 3 is 2.86 bits per heavy atom. The number of fused-ring (bicyclic) bond motifs is 1. The van der Waals surface area contributed by atoms with E-state index in [0.29, 0.717) is 16.3 Å². The van der Waals surface area contributed by atoms with E-state index in [1.165, 1.54) is 6.20 Å². The summed E-state index contributed by atoms with van der Waals surface area (Å²) in [5.74, 6) is -0.270. The van der Waals surface area contributed by atoms with Crippen LogP contribution in [-0.4, -0.2) is 15.9 Å². The molecule has 0 bridgehead atoms. The summed E-state index contributed by atoms with van der Waals surface area (Å²) in [5.41, 5.74) is 2.79. The SMILES string of the molecule is Cc1cc(Cl)c(C(=O)Nc2ccc3nc(C)sc3c2)cn1. The van der Waals surface area contributed by atoms with Gasteiger partial charge < -0.3 is 5.32 Å². The topological polar surface area (TPSA) is 54.9 Å². The number of rotatable bonds is 2. The van der Waals surface area contributed by atoms with Crippen LogP contribution < -0.4 is 5.32 Å². The molecule has 2 aromatic heterocycles. The Balaban J connectivity index is 1.88. The van der Waals surface area contributed by atoms with E-state index >= 15 is 0 Å². The van der Waals surface area contributed by atoms with Gasteiger partial charge in [0.1, 0.15) is 0 Å². The molecule has 0 aliphatic carbocycles. The monoisotopic (exact) mass is 317 g/mol. The number of carbonyl (C=O) groups excluding carboxylic acids is 1. The Morgan fingerprint density at radius 2 is 2.10 bits per heavy atom. The number of hydrogen-bond acceptors (Lipinski definition) is 4. The quantitative estimate of drug-likeness (QED) is 0.770. The maximum absolute atomic E-state index is 12.2. The molecule has 0 spiro atoms. The van der Waals surface area contributed by atoms with E-state index in [1.54, 1.807) is 17.4 Å². The van der Waals surface area contributed by atoms with Gasteiger partial charge in [-0.2, -0.15) is 0 Å². The average molecular weight is 318 g/mol. The van der Waals surface area contributed by atoms with E-state index in [1.807, 2.05) is 32.0 Å². The molecule has 0 saturated heterocycles. The largest absolute Gasteiger partial charge is 0.322 e. The first-order valence-electron chi connectivity index (χ1n) is 6.33. The first-order valence-corrected chi connectivity index (χ1v) is 7.53. The number of pyridine rings is 1. The number of nitrogens with one attached hydrogen (secondary N) is 1. The minimum Gasteiger partial charge on any atom is -0.322 e. The fourth-order valence-electron chi connectivity index (χ4n) is 2.01. The van der Waals surface area contributed by atoms with Crippen molar-refractivity contribution in [1.82, 2.24) is 9.97 Å². The van der Waals surface area contributed by atoms with Gasteiger partial charge in [-0.3, -0.25) is 9.78 Å². The van der Waals surface area contributed by atoms with Crippen molar-refractivity contribution in [2.45, 2.75) is 13.8 Å². The van der Waals surface area contributed by atoms with Crippen molar-refractivity contribution in [3.8, 4) is 0 Å². The molecule has 21 heavy (non-hydrogen) atoms. The maximum atomic E-state index is 12.2. The Labute approximate surface area is 130 Å². The molecule has 0 saturated carbocycles. The van der Waals surface area contributed by atoms with Crippen molar-refractivity contribution in [1.29, 1.82) is 0 Å². The number of hydrogen-bond donors (Lipinski definition) is 1. The normalized spacial score (nSPS) is 10.8. The number of aryl methyl sites for hydroxylation is 2. The third-order valence-corrected chi connectivity index (χ3v) is 4.23. The lowest BCUT2D eigenvalue weighted by atomic mass is 10.2. The van der Waals surface area contributed by atoms with E-state index in [0.717, 1.165) is 20.9 Å². The molecular weight excluding hydrogens is 306 g/mol. The summed E-state index contributed by atoms with van der Waals surface area (Å²) in [5, 5.41) is 4.23. The third-order valence-electron chi connectivity index (χ3n) is 2.99. The van der Waals surface area contributed by atoms with Crippen LogP contribution in [0.4, 0.5) is 5.69 Å². The Bertz CT molecular complexity index is 844. The van der Waals surface area contributed by atoms with Gasteiger partial charge >= 0.3 is 0 Å². The lowest BCUT2D eigenvalue weighted by Crippen LogP contribution is -2.13. The van der Waals surface area contributed by atoms with Gasteiger partial charge in [-0.15, -0.1) is 11.3 Å². The number of carbonyl (C=O) groups is 1. The van der Waals surface area contributed by atoms with Gasteiger partial charge in [0.05, 0.1) is 25.8 Å². The summed E-state index contributed by atoms with van der Waals surface area (Å²) < 4.78 is 1.04. The van der Waals surface area contributed by atoms with Crippen LogP contribution >= 0.6 is 22.9 Å². The summed E-state index contributed by atoms with van der Waals surface area (Å²) in [4.78, 5) is 20.7. The molecule has 0 aliphatic heterocycles. The highest BCUT2D eigenvalue weighted by molar-refractivity contribution is 7.18. The number of thiazole rings is 1. The fraction of sp³-hybridized carbons (Fsp3) is 0.133. The summed E-state index contributed by atoms with van der Waals surface area (Å²) in [6, 6.07) is 7.30. The van der Waals surface area contributed by atoms with Gasteiger partial charge in [-0.1, -0.05) is 11.6 Å². The van der Waals surface area contributed by atoms with Crippen molar-refractivity contribution in [3.05, 3.63) is 51.7 Å². The second-order valence-corrected chi connectivity index (χ2v) is 6.32. The zero-order valence-electron chi connectivity index (χ0n) is 11.5. The molecule has 6 heteroatoms. The average Bonchev–Trinajstić information content (AvgIpc) is 2.77. The van der Waals surface area contributed by atoms with Crippen molar-refractivity contribution >= 4 is 44.7 Å². The van der Waals surface area contributed by atoms with Crippen molar-refractivity contribution < 1.29 is 4.79 Å². The first kappa shape index (κ1) is 14.0. The van der Waals surface area contributed by atoms with E-state index in [4.69, 9.17) is 11.6 Å². The highest BCUT2D eigenvalue weighted by atomic mass is 35.5. The minimum atomic E-state index is -0.270. The van der Waals surface area contributed by atoms with E-state index in [9.17, 15) is 4.79 Å². The van der Waals surface area contributed by atoms with Gasteiger partial charge in [0, 0.05) is 17.6 Å².